The predicted octanol–water partition coefficient (Wildman–Crippen LogP) is 4.76. The summed E-state index contributed by atoms with van der Waals surface area (Å²) >= 11 is 12.0. The maximum atomic E-state index is 11.4. The highest BCUT2D eigenvalue weighted by molar-refractivity contribution is 8.25. The lowest BCUT2D eigenvalue weighted by Gasteiger charge is -2.36. The molecule has 1 aromatic carbocycles. The minimum Gasteiger partial charge on any atom is -0.502 e. The van der Waals surface area contributed by atoms with E-state index < -0.39 is 22.5 Å². The molecule has 25 heavy (non-hydrogen) atoms. The van der Waals surface area contributed by atoms with Crippen LogP contribution in [0.4, 0.5) is 5.88 Å². The lowest BCUT2D eigenvalue weighted by Crippen LogP contribution is -2.22. The number of hydrogen-bond acceptors (Lipinski definition) is 7. The Balaban J connectivity index is 2.16. The molecule has 1 aliphatic heterocycles. The first kappa shape index (κ1) is 18.2. The maximum Gasteiger partial charge on any atom is 0.308 e. The molecule has 2 heterocycles. The number of carbonyl (C=O) groups excluding carboxylic acids is 1. The predicted molar refractivity (Wildman–Crippen MR) is 96.8 cm³/mol. The van der Waals surface area contributed by atoms with E-state index in [1.54, 1.807) is 0 Å². The quantitative estimate of drug-likeness (QED) is 0.629. The molecular weight excluding hydrogens is 393 g/mol. The van der Waals surface area contributed by atoms with Gasteiger partial charge in [0.2, 0.25) is 11.5 Å². The van der Waals surface area contributed by atoms with Crippen LogP contribution in [-0.2, 0) is 4.79 Å². The molecule has 0 amide bonds. The molecule has 3 N–H and O–H groups in total. The minimum absolute atomic E-state index is 0.0437. The highest BCUT2D eigenvalue weighted by Gasteiger charge is 2.37. The van der Waals surface area contributed by atoms with Gasteiger partial charge in [-0.3, -0.25) is 13.9 Å². The van der Waals surface area contributed by atoms with Gasteiger partial charge in [-0.2, -0.15) is 0 Å². The van der Waals surface area contributed by atoms with Crippen molar-refractivity contribution in [1.29, 1.82) is 0 Å². The molecule has 10 heteroatoms. The van der Waals surface area contributed by atoms with Crippen molar-refractivity contribution < 1.29 is 28.2 Å². The molecule has 0 radical (unpaired) electrons. The summed E-state index contributed by atoms with van der Waals surface area (Å²) in [5.41, 5.74) is 0.352. The molecule has 0 atom stereocenters. The van der Waals surface area contributed by atoms with E-state index in [0.29, 0.717) is 22.0 Å². The van der Waals surface area contributed by atoms with Crippen molar-refractivity contribution >= 4 is 45.8 Å². The van der Waals surface area contributed by atoms with Crippen molar-refractivity contribution in [2.45, 2.75) is 13.3 Å². The van der Waals surface area contributed by atoms with Crippen LogP contribution in [0.25, 0.3) is 11.3 Å². The number of benzene rings is 1. The Kier molecular flexibility index (Phi) is 4.82. The average Bonchev–Trinajstić information content (AvgIpc) is 2.98. The summed E-state index contributed by atoms with van der Waals surface area (Å²) in [6, 6.07) is 4.53. The van der Waals surface area contributed by atoms with Crippen molar-refractivity contribution in [2.75, 3.05) is 16.6 Å². The molecule has 1 saturated heterocycles. The van der Waals surface area contributed by atoms with Crippen LogP contribution in [-0.4, -0.2) is 32.5 Å². The summed E-state index contributed by atoms with van der Waals surface area (Å²) < 4.78 is 32.2. The summed E-state index contributed by atoms with van der Waals surface area (Å²) in [7, 11) is -3.12. The standard InChI is InChI=1S/C15H15Cl2NO6S/c1-8(19)23-14-12(20)13(9-5-10(16)7-11(17)6-9)24-15(14)18-3-2-4-25(18,21)22/h5-7,20-22H,2-4H2,1H3. The topological polar surface area (TPSA) is 103 Å². The monoisotopic (exact) mass is 407 g/mol. The lowest BCUT2D eigenvalue weighted by molar-refractivity contribution is -0.132. The van der Waals surface area contributed by atoms with Gasteiger partial charge < -0.3 is 14.3 Å². The summed E-state index contributed by atoms with van der Waals surface area (Å²) in [5, 5.41) is 11.1. The lowest BCUT2D eigenvalue weighted by atomic mass is 10.1. The van der Waals surface area contributed by atoms with Crippen molar-refractivity contribution in [3.8, 4) is 22.8 Å². The normalized spacial score (nSPS) is 17.6. The Labute approximate surface area is 155 Å². The maximum absolute atomic E-state index is 11.4. The third-order valence-corrected chi connectivity index (χ3v) is 5.88. The fourth-order valence-electron chi connectivity index (χ4n) is 2.57. The zero-order valence-electron chi connectivity index (χ0n) is 13.0. The fraction of sp³-hybridized carbons (Fsp3) is 0.267. The molecular formula is C15H15Cl2NO6S. The molecule has 0 saturated carbocycles. The van der Waals surface area contributed by atoms with E-state index in [-0.39, 0.29) is 29.7 Å². The van der Waals surface area contributed by atoms with Crippen LogP contribution in [0, 0.1) is 0 Å². The van der Waals surface area contributed by atoms with E-state index in [1.807, 2.05) is 0 Å². The highest BCUT2D eigenvalue weighted by Crippen LogP contribution is 2.57. The van der Waals surface area contributed by atoms with Crippen LogP contribution >= 0.6 is 34.0 Å². The number of hydrogen-bond donors (Lipinski definition) is 3. The summed E-state index contributed by atoms with van der Waals surface area (Å²) in [6.07, 6.45) is 0.516. The number of anilines is 1. The number of ether oxygens (including phenoxy) is 1. The second kappa shape index (κ2) is 6.62. The van der Waals surface area contributed by atoms with Gasteiger partial charge >= 0.3 is 5.97 Å². The SMILES string of the molecule is CC(=O)Oc1c(N2CCCS2(O)O)oc(-c2cc(Cl)cc(Cl)c2)c1O. The molecule has 136 valence electrons. The molecule has 0 aliphatic carbocycles. The molecule has 0 spiro atoms. The number of esters is 1. The van der Waals surface area contributed by atoms with Crippen molar-refractivity contribution in [1.82, 2.24) is 0 Å². The first-order valence-corrected chi connectivity index (χ1v) is 9.66. The van der Waals surface area contributed by atoms with Gasteiger partial charge in [-0.05, 0) is 24.6 Å². The van der Waals surface area contributed by atoms with Crippen LogP contribution < -0.4 is 9.04 Å². The molecule has 1 aromatic heterocycles. The average molecular weight is 408 g/mol. The van der Waals surface area contributed by atoms with Crippen molar-refractivity contribution in [3.63, 3.8) is 0 Å². The second-order valence-electron chi connectivity index (χ2n) is 5.46. The first-order valence-electron chi connectivity index (χ1n) is 7.23. The van der Waals surface area contributed by atoms with Gasteiger partial charge in [-0.15, -0.1) is 10.8 Å². The first-order chi connectivity index (χ1) is 11.7. The van der Waals surface area contributed by atoms with Gasteiger partial charge in [0, 0.05) is 29.1 Å². The molecule has 0 bridgehead atoms. The Morgan fingerprint density at radius 2 is 1.92 bits per heavy atom. The van der Waals surface area contributed by atoms with Crippen molar-refractivity contribution in [3.05, 3.63) is 28.2 Å². The van der Waals surface area contributed by atoms with E-state index in [2.05, 4.69) is 0 Å². The second-order valence-corrected chi connectivity index (χ2v) is 8.44. The molecule has 7 nitrogen and oxygen atoms in total. The molecule has 3 rings (SSSR count). The third kappa shape index (κ3) is 3.54. The Morgan fingerprint density at radius 3 is 2.44 bits per heavy atom. The van der Waals surface area contributed by atoms with E-state index in [0.717, 1.165) is 6.92 Å². The number of furan rings is 1. The van der Waals surface area contributed by atoms with E-state index in [9.17, 15) is 19.0 Å². The fourth-order valence-corrected chi connectivity index (χ4v) is 4.64. The number of aromatic hydroxyl groups is 1. The number of carbonyl (C=O) groups is 1. The minimum atomic E-state index is -3.12. The molecule has 1 aliphatic rings. The van der Waals surface area contributed by atoms with E-state index in [4.69, 9.17) is 32.4 Å². The largest absolute Gasteiger partial charge is 0.502 e. The van der Waals surface area contributed by atoms with Gasteiger partial charge in [0.1, 0.15) is 0 Å². The smallest absolute Gasteiger partial charge is 0.308 e. The summed E-state index contributed by atoms with van der Waals surface area (Å²) in [5.74, 6) is -1.43. The Bertz CT molecular complexity index is 817. The van der Waals surface area contributed by atoms with E-state index in [1.165, 1.54) is 22.5 Å². The van der Waals surface area contributed by atoms with Gasteiger partial charge in [-0.1, -0.05) is 23.2 Å². The summed E-state index contributed by atoms with van der Waals surface area (Å²) in [6.45, 7) is 1.44. The van der Waals surface area contributed by atoms with Gasteiger partial charge in [0.05, 0.1) is 5.75 Å². The van der Waals surface area contributed by atoms with Crippen LogP contribution in [0.5, 0.6) is 11.5 Å². The van der Waals surface area contributed by atoms with Crippen LogP contribution in [0.2, 0.25) is 10.0 Å². The van der Waals surface area contributed by atoms with Gasteiger partial charge in [0.15, 0.2) is 5.76 Å². The Morgan fingerprint density at radius 1 is 1.28 bits per heavy atom. The third-order valence-electron chi connectivity index (χ3n) is 3.55. The summed E-state index contributed by atoms with van der Waals surface area (Å²) in [4.78, 5) is 11.4. The van der Waals surface area contributed by atoms with Gasteiger partial charge in [0.25, 0.3) is 5.88 Å². The highest BCUT2D eigenvalue weighted by atomic mass is 35.5. The van der Waals surface area contributed by atoms with Gasteiger partial charge in [-0.25, -0.2) is 4.31 Å². The van der Waals surface area contributed by atoms with Crippen LogP contribution in [0.15, 0.2) is 22.6 Å². The van der Waals surface area contributed by atoms with E-state index >= 15 is 0 Å². The zero-order valence-corrected chi connectivity index (χ0v) is 15.4. The molecule has 2 aromatic rings. The number of nitrogens with zero attached hydrogens (tertiary/aromatic N) is 1. The number of halogens is 2. The molecule has 0 unspecified atom stereocenters. The zero-order chi connectivity index (χ0) is 18.4. The molecule has 1 fully saturated rings. The van der Waals surface area contributed by atoms with Crippen LogP contribution in [0.3, 0.4) is 0 Å². The Hall–Kier alpha value is -1.58. The van der Waals surface area contributed by atoms with Crippen LogP contribution in [0.1, 0.15) is 13.3 Å². The number of rotatable bonds is 3. The van der Waals surface area contributed by atoms with Crippen molar-refractivity contribution in [2.24, 2.45) is 0 Å².